The van der Waals surface area contributed by atoms with Crippen molar-refractivity contribution in [2.75, 3.05) is 10.6 Å². The van der Waals surface area contributed by atoms with Gasteiger partial charge in [-0.05, 0) is 48.9 Å². The van der Waals surface area contributed by atoms with Gasteiger partial charge < -0.3 is 21.1 Å². The number of carbonyl (C=O) groups excluding carboxylic acids is 4. The van der Waals surface area contributed by atoms with E-state index in [1.807, 2.05) is 0 Å². The van der Waals surface area contributed by atoms with Crippen molar-refractivity contribution in [3.8, 4) is 0 Å². The second-order valence-corrected chi connectivity index (χ2v) is 6.55. The molecular formula is C20H18FN3O5. The Balaban J connectivity index is 1.66. The van der Waals surface area contributed by atoms with Gasteiger partial charge in [-0.2, -0.15) is 0 Å². The highest BCUT2D eigenvalue weighted by Crippen LogP contribution is 2.33. The number of hydrogen-bond acceptors (Lipinski definition) is 5. The molecule has 0 saturated carbocycles. The minimum Gasteiger partial charge on any atom is -0.452 e. The van der Waals surface area contributed by atoms with Gasteiger partial charge in [0.2, 0.25) is 11.8 Å². The molecule has 0 saturated heterocycles. The summed E-state index contributed by atoms with van der Waals surface area (Å²) >= 11 is 0. The van der Waals surface area contributed by atoms with E-state index >= 15 is 0 Å². The largest absolute Gasteiger partial charge is 0.452 e. The van der Waals surface area contributed by atoms with E-state index in [0.717, 1.165) is 6.07 Å². The zero-order chi connectivity index (χ0) is 21.1. The van der Waals surface area contributed by atoms with Gasteiger partial charge in [0.05, 0.1) is 5.92 Å². The van der Waals surface area contributed by atoms with Crippen molar-refractivity contribution in [1.29, 1.82) is 0 Å². The third-order valence-electron chi connectivity index (χ3n) is 4.44. The fraction of sp³-hybridized carbons (Fsp3) is 0.200. The van der Waals surface area contributed by atoms with E-state index in [2.05, 4.69) is 10.6 Å². The van der Waals surface area contributed by atoms with Gasteiger partial charge in [-0.1, -0.05) is 6.07 Å². The maximum atomic E-state index is 13.4. The van der Waals surface area contributed by atoms with Gasteiger partial charge in [0.1, 0.15) is 5.82 Å². The van der Waals surface area contributed by atoms with Gasteiger partial charge in [0, 0.05) is 23.4 Å². The number of halogens is 1. The minimum atomic E-state index is -1.15. The minimum absolute atomic E-state index is 0.166. The second kappa shape index (κ2) is 8.09. The molecule has 0 aromatic heterocycles. The summed E-state index contributed by atoms with van der Waals surface area (Å²) in [4.78, 5) is 47.8. The zero-order valence-corrected chi connectivity index (χ0v) is 15.4. The van der Waals surface area contributed by atoms with Crippen LogP contribution in [0, 0.1) is 5.82 Å². The summed E-state index contributed by atoms with van der Waals surface area (Å²) < 4.78 is 18.6. The molecule has 2 unspecified atom stereocenters. The Kier molecular flexibility index (Phi) is 5.58. The van der Waals surface area contributed by atoms with E-state index in [-0.39, 0.29) is 17.7 Å². The zero-order valence-electron chi connectivity index (χ0n) is 15.4. The topological polar surface area (TPSA) is 128 Å². The molecule has 0 radical (unpaired) electrons. The van der Waals surface area contributed by atoms with E-state index in [1.54, 1.807) is 0 Å². The average Bonchev–Trinajstić information content (AvgIpc) is 2.67. The van der Waals surface area contributed by atoms with Gasteiger partial charge in [-0.15, -0.1) is 0 Å². The van der Waals surface area contributed by atoms with Crippen LogP contribution in [-0.4, -0.2) is 29.8 Å². The third-order valence-corrected chi connectivity index (χ3v) is 4.44. The van der Waals surface area contributed by atoms with Crippen molar-refractivity contribution >= 4 is 35.1 Å². The number of anilines is 2. The molecule has 3 amide bonds. The van der Waals surface area contributed by atoms with Crippen molar-refractivity contribution in [3.63, 3.8) is 0 Å². The molecule has 3 rings (SSSR count). The lowest BCUT2D eigenvalue weighted by Crippen LogP contribution is -2.34. The van der Waals surface area contributed by atoms with Crippen LogP contribution in [0.4, 0.5) is 15.8 Å². The van der Waals surface area contributed by atoms with Crippen LogP contribution < -0.4 is 16.4 Å². The standard InChI is InChI=1S/C20H18FN3O5/c1-10(19(27)23-13-5-2-11(3-6-13)18(22)26)29-20(28)15-9-17(25)24-16-8-12(21)4-7-14(15)16/h2-8,10,15H,9H2,1H3,(H2,22,26)(H,23,27)(H,24,25). The number of carbonyl (C=O) groups is 4. The van der Waals surface area contributed by atoms with Crippen LogP contribution in [0.3, 0.4) is 0 Å². The van der Waals surface area contributed by atoms with Crippen molar-refractivity contribution in [2.45, 2.75) is 25.4 Å². The first kappa shape index (κ1) is 20.0. The lowest BCUT2D eigenvalue weighted by molar-refractivity contribution is -0.155. The molecule has 29 heavy (non-hydrogen) atoms. The lowest BCUT2D eigenvalue weighted by atomic mass is 9.90. The van der Waals surface area contributed by atoms with Crippen LogP contribution >= 0.6 is 0 Å². The number of ether oxygens (including phenoxy) is 1. The molecule has 8 nitrogen and oxygen atoms in total. The summed E-state index contributed by atoms with van der Waals surface area (Å²) in [6.45, 7) is 1.39. The molecule has 0 aliphatic carbocycles. The van der Waals surface area contributed by atoms with Gasteiger partial charge >= 0.3 is 5.97 Å². The summed E-state index contributed by atoms with van der Waals surface area (Å²) in [5.41, 5.74) is 6.46. The van der Waals surface area contributed by atoms with Crippen molar-refractivity contribution in [2.24, 2.45) is 5.73 Å². The van der Waals surface area contributed by atoms with Crippen LogP contribution in [-0.2, 0) is 19.1 Å². The van der Waals surface area contributed by atoms with Gasteiger partial charge in [0.25, 0.3) is 5.91 Å². The summed E-state index contributed by atoms with van der Waals surface area (Å²) in [5.74, 6) is -3.89. The third kappa shape index (κ3) is 4.57. The van der Waals surface area contributed by atoms with Crippen LogP contribution in [0.25, 0.3) is 0 Å². The second-order valence-electron chi connectivity index (χ2n) is 6.55. The predicted octanol–water partition coefficient (Wildman–Crippen LogP) is 1.92. The maximum absolute atomic E-state index is 13.4. The SMILES string of the molecule is CC(OC(=O)C1CC(=O)Nc2cc(F)ccc21)C(=O)Nc1ccc(C(N)=O)cc1. The van der Waals surface area contributed by atoms with Crippen molar-refractivity contribution in [1.82, 2.24) is 0 Å². The van der Waals surface area contributed by atoms with E-state index < -0.39 is 41.5 Å². The fourth-order valence-corrected chi connectivity index (χ4v) is 2.92. The number of benzene rings is 2. The lowest BCUT2D eigenvalue weighted by Gasteiger charge is -2.25. The molecule has 9 heteroatoms. The Morgan fingerprint density at radius 2 is 1.90 bits per heavy atom. The van der Waals surface area contributed by atoms with Gasteiger partial charge in [-0.25, -0.2) is 4.39 Å². The van der Waals surface area contributed by atoms with Crippen LogP contribution in [0.2, 0.25) is 0 Å². The van der Waals surface area contributed by atoms with E-state index in [0.29, 0.717) is 11.3 Å². The quantitative estimate of drug-likeness (QED) is 0.662. The number of nitrogens with two attached hydrogens (primary N) is 1. The normalized spacial score (nSPS) is 16.2. The fourth-order valence-electron chi connectivity index (χ4n) is 2.92. The number of hydrogen-bond donors (Lipinski definition) is 3. The number of fused-ring (bicyclic) bond motifs is 1. The van der Waals surface area contributed by atoms with Crippen molar-refractivity contribution in [3.05, 3.63) is 59.4 Å². The molecule has 1 aliphatic rings. The summed E-state index contributed by atoms with van der Waals surface area (Å²) in [7, 11) is 0. The first-order valence-corrected chi connectivity index (χ1v) is 8.75. The molecule has 0 fully saturated rings. The number of rotatable bonds is 5. The first-order valence-electron chi connectivity index (χ1n) is 8.75. The maximum Gasteiger partial charge on any atom is 0.314 e. The Bertz CT molecular complexity index is 990. The summed E-state index contributed by atoms with van der Waals surface area (Å²) in [6, 6.07) is 9.59. The van der Waals surface area contributed by atoms with Crippen LogP contribution in [0.5, 0.6) is 0 Å². The molecular weight excluding hydrogens is 381 g/mol. The Morgan fingerprint density at radius 1 is 1.21 bits per heavy atom. The van der Waals surface area contributed by atoms with Crippen molar-refractivity contribution < 1.29 is 28.3 Å². The molecule has 2 aromatic carbocycles. The number of nitrogens with one attached hydrogen (secondary N) is 2. The highest BCUT2D eigenvalue weighted by Gasteiger charge is 2.33. The Morgan fingerprint density at radius 3 is 2.55 bits per heavy atom. The molecule has 4 N–H and O–H groups in total. The number of amides is 3. The van der Waals surface area contributed by atoms with E-state index in [4.69, 9.17) is 10.5 Å². The molecule has 0 spiro atoms. The molecule has 2 atom stereocenters. The van der Waals surface area contributed by atoms with E-state index in [9.17, 15) is 23.6 Å². The number of primary amides is 1. The molecule has 1 heterocycles. The van der Waals surface area contributed by atoms with Gasteiger partial charge in [0.15, 0.2) is 6.10 Å². The monoisotopic (exact) mass is 399 g/mol. The molecule has 150 valence electrons. The van der Waals surface area contributed by atoms with Crippen LogP contribution in [0.1, 0.15) is 35.2 Å². The Labute approximate surface area is 165 Å². The molecule has 2 aromatic rings. The smallest absolute Gasteiger partial charge is 0.314 e. The summed E-state index contributed by atoms with van der Waals surface area (Å²) in [5, 5.41) is 5.06. The average molecular weight is 399 g/mol. The predicted molar refractivity (Wildman–Crippen MR) is 102 cm³/mol. The van der Waals surface area contributed by atoms with Gasteiger partial charge in [-0.3, -0.25) is 19.2 Å². The molecule has 0 bridgehead atoms. The first-order chi connectivity index (χ1) is 13.7. The highest BCUT2D eigenvalue weighted by atomic mass is 19.1. The summed E-state index contributed by atoms with van der Waals surface area (Å²) in [6.07, 6.45) is -1.31. The number of esters is 1. The van der Waals surface area contributed by atoms with Crippen LogP contribution in [0.15, 0.2) is 42.5 Å². The highest BCUT2D eigenvalue weighted by molar-refractivity contribution is 6.01. The molecule has 1 aliphatic heterocycles. The Hall–Kier alpha value is -3.75. The van der Waals surface area contributed by atoms with E-state index in [1.165, 1.54) is 43.3 Å².